The molecule has 1 rings (SSSR count). The van der Waals surface area contributed by atoms with Crippen molar-refractivity contribution in [2.24, 2.45) is 0 Å². The van der Waals surface area contributed by atoms with Crippen LogP contribution in [0.1, 0.15) is 0 Å². The Hall–Kier alpha value is -0.195. The van der Waals surface area contributed by atoms with Crippen LogP contribution >= 0.6 is 0 Å². The molecule has 6 heteroatoms. The van der Waals surface area contributed by atoms with Crippen molar-refractivity contribution in [3.05, 3.63) is 18.2 Å². The van der Waals surface area contributed by atoms with Gasteiger partial charge in [-0.3, -0.25) is 0 Å². The van der Waals surface area contributed by atoms with Gasteiger partial charge in [0.05, 0.1) is 14.2 Å². The molecule has 0 bridgehead atoms. The first-order valence-electron chi connectivity index (χ1n) is 3.77. The summed E-state index contributed by atoms with van der Waals surface area (Å²) in [6.45, 7) is 0. The average Bonchev–Trinajstić information content (AvgIpc) is 2.16. The molecular formula is C8H12BNaO4. The Morgan fingerprint density at radius 1 is 1.14 bits per heavy atom. The van der Waals surface area contributed by atoms with Crippen LogP contribution in [0, 0.1) is 0 Å². The summed E-state index contributed by atoms with van der Waals surface area (Å²) in [5.74, 6) is 0.986. The van der Waals surface area contributed by atoms with Crippen molar-refractivity contribution in [1.29, 1.82) is 0 Å². The standard InChI is InChI=1S/C8H11BO4.Na.H/c1-12-6-3-4-8(13-2)7(5-6)9(10)11;;/h3-5,10-11H,1-2H3;;. The molecule has 0 aliphatic heterocycles. The summed E-state index contributed by atoms with van der Waals surface area (Å²) >= 11 is 0. The van der Waals surface area contributed by atoms with Gasteiger partial charge in [0.1, 0.15) is 11.5 Å². The zero-order chi connectivity index (χ0) is 9.84. The Morgan fingerprint density at radius 2 is 1.79 bits per heavy atom. The van der Waals surface area contributed by atoms with E-state index in [0.717, 1.165) is 0 Å². The Morgan fingerprint density at radius 3 is 2.21 bits per heavy atom. The Labute approximate surface area is 105 Å². The SMILES string of the molecule is COc1ccc(OC)c(B(O)O)c1.[NaH]. The molecule has 0 aromatic heterocycles. The minimum absolute atomic E-state index is 0. The van der Waals surface area contributed by atoms with Gasteiger partial charge in [0.15, 0.2) is 0 Å². The molecule has 0 saturated carbocycles. The molecule has 0 atom stereocenters. The number of ether oxygens (including phenoxy) is 2. The summed E-state index contributed by atoms with van der Waals surface area (Å²) in [6, 6.07) is 4.82. The van der Waals surface area contributed by atoms with Crippen LogP contribution in [0.25, 0.3) is 0 Å². The van der Waals surface area contributed by atoms with Crippen LogP contribution in [0.4, 0.5) is 0 Å². The van der Waals surface area contributed by atoms with Crippen molar-refractivity contribution < 1.29 is 19.5 Å². The summed E-state index contributed by atoms with van der Waals surface area (Å²) in [5.41, 5.74) is 0.293. The molecule has 0 unspecified atom stereocenters. The van der Waals surface area contributed by atoms with E-state index in [4.69, 9.17) is 19.5 Å². The maximum absolute atomic E-state index is 8.98. The molecule has 1 aromatic carbocycles. The molecule has 0 radical (unpaired) electrons. The van der Waals surface area contributed by atoms with Crippen molar-refractivity contribution in [3.8, 4) is 11.5 Å². The van der Waals surface area contributed by atoms with Gasteiger partial charge >= 0.3 is 36.7 Å². The molecule has 0 amide bonds. The van der Waals surface area contributed by atoms with Crippen molar-refractivity contribution in [2.45, 2.75) is 0 Å². The summed E-state index contributed by atoms with van der Waals surface area (Å²) in [4.78, 5) is 0. The quantitative estimate of drug-likeness (QED) is 0.605. The van der Waals surface area contributed by atoms with E-state index in [9.17, 15) is 0 Å². The predicted molar refractivity (Wildman–Crippen MR) is 56.5 cm³/mol. The zero-order valence-electron chi connectivity index (χ0n) is 7.52. The van der Waals surface area contributed by atoms with Gasteiger partial charge in [-0.2, -0.15) is 0 Å². The van der Waals surface area contributed by atoms with Gasteiger partial charge in [0.2, 0.25) is 0 Å². The Kier molecular flexibility index (Phi) is 6.23. The monoisotopic (exact) mass is 206 g/mol. The third-order valence-electron chi connectivity index (χ3n) is 1.72. The van der Waals surface area contributed by atoms with Crippen LogP contribution in [-0.2, 0) is 0 Å². The molecule has 72 valence electrons. The fourth-order valence-electron chi connectivity index (χ4n) is 1.04. The number of hydrogen-bond acceptors (Lipinski definition) is 4. The van der Waals surface area contributed by atoms with Crippen LogP contribution in [0.5, 0.6) is 11.5 Å². The number of rotatable bonds is 3. The second kappa shape index (κ2) is 6.32. The second-order valence-corrected chi connectivity index (χ2v) is 2.48. The summed E-state index contributed by atoms with van der Waals surface area (Å²) < 4.78 is 9.86. The van der Waals surface area contributed by atoms with E-state index < -0.39 is 7.12 Å². The van der Waals surface area contributed by atoms with Crippen LogP contribution in [0.15, 0.2) is 18.2 Å². The van der Waals surface area contributed by atoms with E-state index in [2.05, 4.69) is 0 Å². The van der Waals surface area contributed by atoms with Crippen molar-refractivity contribution in [3.63, 3.8) is 0 Å². The van der Waals surface area contributed by atoms with Crippen LogP contribution in [0.2, 0.25) is 0 Å². The molecule has 4 nitrogen and oxygen atoms in total. The first-order chi connectivity index (χ1) is 6.19. The van der Waals surface area contributed by atoms with Gasteiger partial charge in [0.25, 0.3) is 0 Å². The molecule has 0 spiro atoms. The Balaban J connectivity index is 0.00000169. The third kappa shape index (κ3) is 3.18. The van der Waals surface area contributed by atoms with Crippen molar-refractivity contribution in [2.75, 3.05) is 14.2 Å². The van der Waals surface area contributed by atoms with Crippen LogP contribution in [0.3, 0.4) is 0 Å². The molecule has 0 heterocycles. The third-order valence-corrected chi connectivity index (χ3v) is 1.72. The summed E-state index contributed by atoms with van der Waals surface area (Å²) in [7, 11) is 1.42. The van der Waals surface area contributed by atoms with Gasteiger partial charge < -0.3 is 19.5 Å². The molecule has 0 fully saturated rings. The van der Waals surface area contributed by atoms with E-state index in [1.807, 2.05) is 0 Å². The van der Waals surface area contributed by atoms with Crippen molar-refractivity contribution in [1.82, 2.24) is 0 Å². The second-order valence-electron chi connectivity index (χ2n) is 2.48. The molecular weight excluding hydrogens is 194 g/mol. The molecule has 0 saturated heterocycles. The first-order valence-corrected chi connectivity index (χ1v) is 3.77. The van der Waals surface area contributed by atoms with Crippen LogP contribution < -0.4 is 14.9 Å². The van der Waals surface area contributed by atoms with E-state index >= 15 is 0 Å². The van der Waals surface area contributed by atoms with E-state index in [1.54, 1.807) is 12.1 Å². The van der Waals surface area contributed by atoms with E-state index in [1.165, 1.54) is 20.3 Å². The average molecular weight is 206 g/mol. The van der Waals surface area contributed by atoms with Gasteiger partial charge in [-0.1, -0.05) is 0 Å². The molecule has 14 heavy (non-hydrogen) atoms. The van der Waals surface area contributed by atoms with Gasteiger partial charge in [-0.05, 0) is 18.2 Å². The minimum atomic E-state index is -1.55. The number of benzene rings is 1. The fourth-order valence-corrected chi connectivity index (χ4v) is 1.04. The molecule has 0 aliphatic rings. The zero-order valence-corrected chi connectivity index (χ0v) is 7.52. The number of methoxy groups -OCH3 is 2. The van der Waals surface area contributed by atoms with E-state index in [-0.39, 0.29) is 29.6 Å². The Bertz CT molecular complexity index is 293. The first kappa shape index (κ1) is 13.8. The van der Waals surface area contributed by atoms with Gasteiger partial charge in [0, 0.05) is 5.46 Å². The summed E-state index contributed by atoms with van der Waals surface area (Å²) in [6.07, 6.45) is 0. The molecule has 0 aliphatic carbocycles. The van der Waals surface area contributed by atoms with Crippen molar-refractivity contribution >= 4 is 42.1 Å². The fraction of sp³-hybridized carbons (Fsp3) is 0.250. The molecule has 1 aromatic rings. The maximum atomic E-state index is 8.98. The number of hydrogen-bond donors (Lipinski definition) is 2. The predicted octanol–water partition coefficient (Wildman–Crippen LogP) is -1.26. The van der Waals surface area contributed by atoms with Crippen LogP contribution in [-0.4, -0.2) is 60.9 Å². The normalized spacial score (nSPS) is 8.86. The summed E-state index contributed by atoms with van der Waals surface area (Å²) in [5, 5.41) is 18.0. The molecule has 2 N–H and O–H groups in total. The van der Waals surface area contributed by atoms with Gasteiger partial charge in [-0.25, -0.2) is 0 Å². The van der Waals surface area contributed by atoms with Gasteiger partial charge in [-0.15, -0.1) is 0 Å². The van der Waals surface area contributed by atoms with E-state index in [0.29, 0.717) is 17.0 Å². The topological polar surface area (TPSA) is 58.9 Å².